The predicted octanol–water partition coefficient (Wildman–Crippen LogP) is 1.10. The van der Waals surface area contributed by atoms with E-state index in [1.165, 1.54) is 6.20 Å². The highest BCUT2D eigenvalue weighted by atomic mass is 32.2. The van der Waals surface area contributed by atoms with Crippen LogP contribution in [0.5, 0.6) is 0 Å². The van der Waals surface area contributed by atoms with Crippen LogP contribution in [0, 0.1) is 0 Å². The van der Waals surface area contributed by atoms with Gasteiger partial charge in [0.1, 0.15) is 0 Å². The van der Waals surface area contributed by atoms with Crippen LogP contribution in [-0.2, 0) is 14.6 Å². The number of aromatic nitrogens is 1. The predicted molar refractivity (Wildman–Crippen MR) is 53.1 cm³/mol. The van der Waals surface area contributed by atoms with E-state index in [4.69, 9.17) is 4.74 Å². The van der Waals surface area contributed by atoms with Gasteiger partial charge < -0.3 is 4.74 Å². The van der Waals surface area contributed by atoms with E-state index in [1.54, 1.807) is 5.38 Å². The molecule has 78 valence electrons. The van der Waals surface area contributed by atoms with E-state index in [-0.39, 0.29) is 16.2 Å². The van der Waals surface area contributed by atoms with Gasteiger partial charge in [0.15, 0.2) is 0 Å². The quantitative estimate of drug-likeness (QED) is 0.784. The lowest BCUT2D eigenvalue weighted by Gasteiger charge is -2.07. The zero-order valence-electron chi connectivity index (χ0n) is 7.55. The molecule has 1 fully saturated rings. The standard InChI is InChI=1S/C8H11NO3S2/c10-14(11,8-9-3-5-13-8)6-7-2-1-4-12-7/h3,5,7H,1-2,4,6H2. The monoisotopic (exact) mass is 233 g/mol. The second-order valence-electron chi connectivity index (χ2n) is 3.21. The fourth-order valence-electron chi connectivity index (χ4n) is 1.46. The summed E-state index contributed by atoms with van der Waals surface area (Å²) in [4.78, 5) is 3.80. The summed E-state index contributed by atoms with van der Waals surface area (Å²) in [7, 11) is -3.22. The zero-order chi connectivity index (χ0) is 10.0. The minimum atomic E-state index is -3.22. The maximum absolute atomic E-state index is 11.7. The van der Waals surface area contributed by atoms with Crippen molar-refractivity contribution in [2.24, 2.45) is 0 Å². The van der Waals surface area contributed by atoms with Crippen LogP contribution in [-0.4, -0.2) is 31.9 Å². The van der Waals surface area contributed by atoms with Gasteiger partial charge in [-0.15, -0.1) is 11.3 Å². The van der Waals surface area contributed by atoms with E-state index < -0.39 is 9.84 Å². The molecule has 0 aliphatic carbocycles. The van der Waals surface area contributed by atoms with Gasteiger partial charge in [-0.3, -0.25) is 0 Å². The third-order valence-corrected chi connectivity index (χ3v) is 5.17. The minimum absolute atomic E-state index is 0.0700. The normalized spacial score (nSPS) is 22.7. The summed E-state index contributed by atoms with van der Waals surface area (Å²) in [5.41, 5.74) is 0. The van der Waals surface area contributed by atoms with Gasteiger partial charge in [0.05, 0.1) is 11.9 Å². The van der Waals surface area contributed by atoms with Crippen molar-refractivity contribution in [3.8, 4) is 0 Å². The summed E-state index contributed by atoms with van der Waals surface area (Å²) in [5.74, 6) is 0.0700. The summed E-state index contributed by atoms with van der Waals surface area (Å²) >= 11 is 1.16. The molecule has 2 rings (SSSR count). The molecule has 1 aliphatic rings. The summed E-state index contributed by atoms with van der Waals surface area (Å²) < 4.78 is 28.9. The zero-order valence-corrected chi connectivity index (χ0v) is 9.18. The number of nitrogens with zero attached hydrogens (tertiary/aromatic N) is 1. The van der Waals surface area contributed by atoms with Crippen LogP contribution in [0.3, 0.4) is 0 Å². The lowest BCUT2D eigenvalue weighted by atomic mass is 10.3. The molecule has 0 N–H and O–H groups in total. The van der Waals surface area contributed by atoms with E-state index in [0.29, 0.717) is 6.61 Å². The topological polar surface area (TPSA) is 56.3 Å². The average Bonchev–Trinajstić information content (AvgIpc) is 2.71. The van der Waals surface area contributed by atoms with Gasteiger partial charge in [-0.25, -0.2) is 13.4 Å². The Morgan fingerprint density at radius 3 is 3.07 bits per heavy atom. The van der Waals surface area contributed by atoms with Crippen molar-refractivity contribution in [2.45, 2.75) is 23.3 Å². The van der Waals surface area contributed by atoms with Gasteiger partial charge in [0.25, 0.3) is 0 Å². The molecule has 1 aromatic heterocycles. The first-order valence-electron chi connectivity index (χ1n) is 4.42. The van der Waals surface area contributed by atoms with Gasteiger partial charge >= 0.3 is 0 Å². The smallest absolute Gasteiger partial charge is 0.209 e. The maximum Gasteiger partial charge on any atom is 0.209 e. The van der Waals surface area contributed by atoms with Crippen LogP contribution in [0.4, 0.5) is 0 Å². The Morgan fingerprint density at radius 2 is 2.50 bits per heavy atom. The van der Waals surface area contributed by atoms with Crippen LogP contribution in [0.1, 0.15) is 12.8 Å². The molecule has 0 aromatic carbocycles. The molecule has 0 radical (unpaired) electrons. The Morgan fingerprint density at radius 1 is 1.64 bits per heavy atom. The number of hydrogen-bond donors (Lipinski definition) is 0. The Labute approximate surface area is 86.8 Å². The molecule has 4 nitrogen and oxygen atoms in total. The lowest BCUT2D eigenvalue weighted by Crippen LogP contribution is -2.20. The number of hydrogen-bond acceptors (Lipinski definition) is 5. The molecule has 0 bridgehead atoms. The van der Waals surface area contributed by atoms with E-state index in [2.05, 4.69) is 4.98 Å². The van der Waals surface area contributed by atoms with Crippen molar-refractivity contribution >= 4 is 21.2 Å². The first-order valence-corrected chi connectivity index (χ1v) is 6.95. The lowest BCUT2D eigenvalue weighted by molar-refractivity contribution is 0.127. The molecule has 2 heterocycles. The maximum atomic E-state index is 11.7. The number of rotatable bonds is 3. The molecule has 0 amide bonds. The molecule has 1 unspecified atom stereocenters. The van der Waals surface area contributed by atoms with E-state index in [9.17, 15) is 8.42 Å². The molecule has 1 saturated heterocycles. The third-order valence-electron chi connectivity index (χ3n) is 2.11. The largest absolute Gasteiger partial charge is 0.377 e. The Balaban J connectivity index is 2.09. The molecule has 14 heavy (non-hydrogen) atoms. The van der Waals surface area contributed by atoms with Crippen molar-refractivity contribution in [1.29, 1.82) is 0 Å². The fourth-order valence-corrected chi connectivity index (χ4v) is 3.89. The van der Waals surface area contributed by atoms with Crippen molar-refractivity contribution in [3.63, 3.8) is 0 Å². The highest BCUT2D eigenvalue weighted by Crippen LogP contribution is 2.20. The first kappa shape index (κ1) is 10.1. The second-order valence-corrected chi connectivity index (χ2v) is 6.32. The van der Waals surface area contributed by atoms with Crippen molar-refractivity contribution in [2.75, 3.05) is 12.4 Å². The number of sulfone groups is 1. The molecule has 0 spiro atoms. The summed E-state index contributed by atoms with van der Waals surface area (Å²) in [6.07, 6.45) is 3.17. The number of ether oxygens (including phenoxy) is 1. The Kier molecular flexibility index (Phi) is 2.85. The molecule has 6 heteroatoms. The minimum Gasteiger partial charge on any atom is -0.377 e. The number of thiazole rings is 1. The SMILES string of the molecule is O=S(=O)(CC1CCCO1)c1nccs1. The van der Waals surface area contributed by atoms with Gasteiger partial charge in [-0.1, -0.05) is 0 Å². The average molecular weight is 233 g/mol. The van der Waals surface area contributed by atoms with Gasteiger partial charge in [-0.05, 0) is 12.8 Å². The summed E-state index contributed by atoms with van der Waals surface area (Å²) in [5, 5.41) is 1.67. The molecular formula is C8H11NO3S2. The van der Waals surface area contributed by atoms with Crippen LogP contribution in [0.25, 0.3) is 0 Å². The van der Waals surface area contributed by atoms with Crippen molar-refractivity contribution < 1.29 is 13.2 Å². The van der Waals surface area contributed by atoms with Gasteiger partial charge in [0, 0.05) is 18.2 Å². The molecule has 1 aromatic rings. The summed E-state index contributed by atoms with van der Waals surface area (Å²) in [6, 6.07) is 0. The highest BCUT2D eigenvalue weighted by Gasteiger charge is 2.26. The van der Waals surface area contributed by atoms with Gasteiger partial charge in [0.2, 0.25) is 14.2 Å². The second kappa shape index (κ2) is 3.96. The molecule has 1 aliphatic heterocycles. The molecule has 0 saturated carbocycles. The summed E-state index contributed by atoms with van der Waals surface area (Å²) in [6.45, 7) is 0.679. The highest BCUT2D eigenvalue weighted by molar-refractivity contribution is 7.93. The first-order chi connectivity index (χ1) is 6.68. The van der Waals surface area contributed by atoms with Crippen molar-refractivity contribution in [3.05, 3.63) is 11.6 Å². The van der Waals surface area contributed by atoms with Gasteiger partial charge in [-0.2, -0.15) is 0 Å². The molecule has 1 atom stereocenters. The van der Waals surface area contributed by atoms with Crippen LogP contribution in [0.2, 0.25) is 0 Å². The molecular weight excluding hydrogens is 222 g/mol. The third kappa shape index (κ3) is 2.13. The Bertz CT molecular complexity index is 379. The van der Waals surface area contributed by atoms with E-state index in [1.807, 2.05) is 0 Å². The van der Waals surface area contributed by atoms with Crippen molar-refractivity contribution in [1.82, 2.24) is 4.98 Å². The van der Waals surface area contributed by atoms with Crippen LogP contribution < -0.4 is 0 Å². The van der Waals surface area contributed by atoms with Crippen LogP contribution in [0.15, 0.2) is 15.9 Å². The van der Waals surface area contributed by atoms with Crippen LogP contribution >= 0.6 is 11.3 Å². The fraction of sp³-hybridized carbons (Fsp3) is 0.625. The van der Waals surface area contributed by atoms with E-state index in [0.717, 1.165) is 24.2 Å². The van der Waals surface area contributed by atoms with E-state index >= 15 is 0 Å². The Hall–Kier alpha value is -0.460.